The van der Waals surface area contributed by atoms with Crippen LogP contribution < -0.4 is 0 Å². The first-order chi connectivity index (χ1) is 8.75. The van der Waals surface area contributed by atoms with E-state index in [-0.39, 0.29) is 5.56 Å². The summed E-state index contributed by atoms with van der Waals surface area (Å²) in [6.07, 6.45) is 1.58. The molecule has 0 aliphatic rings. The van der Waals surface area contributed by atoms with E-state index in [9.17, 15) is 4.79 Å². The van der Waals surface area contributed by atoms with Gasteiger partial charge in [-0.05, 0) is 24.3 Å². The maximum atomic E-state index is 11.1. The Morgan fingerprint density at radius 2 is 2.00 bits per heavy atom. The van der Waals surface area contributed by atoms with Crippen LogP contribution in [0.1, 0.15) is 10.4 Å². The van der Waals surface area contributed by atoms with Crippen LogP contribution in [0.25, 0.3) is 20.9 Å². The number of carbonyl (C=O) groups is 1. The molecule has 3 aromatic rings. The second kappa shape index (κ2) is 4.19. The van der Waals surface area contributed by atoms with Gasteiger partial charge in [-0.25, -0.2) is 9.78 Å². The molecule has 0 amide bonds. The number of rotatable bonds is 2. The van der Waals surface area contributed by atoms with Crippen molar-refractivity contribution in [2.75, 3.05) is 0 Å². The molecule has 0 spiro atoms. The molecule has 0 fully saturated rings. The van der Waals surface area contributed by atoms with Crippen molar-refractivity contribution in [1.29, 1.82) is 0 Å². The minimum atomic E-state index is -0.989. The second-order valence-corrected chi connectivity index (χ2v) is 4.72. The Balaban J connectivity index is 2.23. The molecule has 0 aliphatic carbocycles. The van der Waals surface area contributed by atoms with Gasteiger partial charge in [0.15, 0.2) is 0 Å². The maximum absolute atomic E-state index is 11.1. The van der Waals surface area contributed by atoms with Gasteiger partial charge in [0.1, 0.15) is 10.7 Å². The fourth-order valence-corrected chi connectivity index (χ4v) is 2.70. The van der Waals surface area contributed by atoms with Gasteiger partial charge in [-0.3, -0.25) is 4.98 Å². The fraction of sp³-hybridized carbons (Fsp3) is 0. The van der Waals surface area contributed by atoms with Crippen LogP contribution in [0.4, 0.5) is 0 Å². The largest absolute Gasteiger partial charge is 0.478 e. The van der Waals surface area contributed by atoms with Crippen molar-refractivity contribution in [2.45, 2.75) is 0 Å². The van der Waals surface area contributed by atoms with Crippen LogP contribution in [0.3, 0.4) is 0 Å². The molecule has 3 rings (SSSR count). The molecule has 4 nitrogen and oxygen atoms in total. The zero-order valence-electron chi connectivity index (χ0n) is 9.20. The van der Waals surface area contributed by atoms with Crippen molar-refractivity contribution in [2.24, 2.45) is 0 Å². The quantitative estimate of drug-likeness (QED) is 0.765. The maximum Gasteiger partial charge on any atom is 0.338 e. The van der Waals surface area contributed by atoms with Gasteiger partial charge in [0.25, 0.3) is 0 Å². The van der Waals surface area contributed by atoms with E-state index in [4.69, 9.17) is 5.11 Å². The summed E-state index contributed by atoms with van der Waals surface area (Å²) in [6.45, 7) is 0. The van der Waals surface area contributed by atoms with E-state index in [1.54, 1.807) is 12.3 Å². The summed E-state index contributed by atoms with van der Waals surface area (Å²) in [5.74, 6) is -0.989. The van der Waals surface area contributed by atoms with E-state index in [1.807, 2.05) is 24.3 Å². The van der Waals surface area contributed by atoms with Gasteiger partial charge >= 0.3 is 5.97 Å². The normalized spacial score (nSPS) is 10.7. The number of fused-ring (bicyclic) bond motifs is 1. The van der Waals surface area contributed by atoms with Crippen molar-refractivity contribution in [3.63, 3.8) is 0 Å². The predicted molar refractivity (Wildman–Crippen MR) is 69.8 cm³/mol. The van der Waals surface area contributed by atoms with Crippen molar-refractivity contribution >= 4 is 27.5 Å². The molecule has 0 unspecified atom stereocenters. The highest BCUT2D eigenvalue weighted by molar-refractivity contribution is 7.21. The molecule has 0 atom stereocenters. The summed E-state index contributed by atoms with van der Waals surface area (Å²) >= 11 is 1.44. The van der Waals surface area contributed by atoms with Gasteiger partial charge in [-0.1, -0.05) is 12.1 Å². The standard InChI is InChI=1S/C13H8N2O2S/c16-13(17)8-4-3-7-14-11(8)12-15-9-5-1-2-6-10(9)18-12/h1-7H,(H,16,17). The zero-order chi connectivity index (χ0) is 12.5. The van der Waals surface area contributed by atoms with Crippen LogP contribution >= 0.6 is 11.3 Å². The predicted octanol–water partition coefficient (Wildman–Crippen LogP) is 3.06. The van der Waals surface area contributed by atoms with Crippen LogP contribution in [-0.2, 0) is 0 Å². The molecule has 5 heteroatoms. The van der Waals surface area contributed by atoms with Crippen molar-refractivity contribution < 1.29 is 9.90 Å². The lowest BCUT2D eigenvalue weighted by Crippen LogP contribution is -2.00. The minimum Gasteiger partial charge on any atom is -0.478 e. The monoisotopic (exact) mass is 256 g/mol. The molecule has 0 saturated heterocycles. The summed E-state index contributed by atoms with van der Waals surface area (Å²) < 4.78 is 1.02. The minimum absolute atomic E-state index is 0.177. The Hall–Kier alpha value is -2.27. The Morgan fingerprint density at radius 1 is 1.17 bits per heavy atom. The molecule has 0 radical (unpaired) electrons. The van der Waals surface area contributed by atoms with E-state index in [0.717, 1.165) is 10.2 Å². The first-order valence-corrected chi connectivity index (χ1v) is 6.11. The number of hydrogen-bond acceptors (Lipinski definition) is 4. The Labute approximate surface area is 107 Å². The van der Waals surface area contributed by atoms with Gasteiger partial charge in [0, 0.05) is 6.20 Å². The summed E-state index contributed by atoms with van der Waals surface area (Å²) in [6, 6.07) is 10.8. The van der Waals surface area contributed by atoms with Gasteiger partial charge < -0.3 is 5.11 Å². The molecule has 0 bridgehead atoms. The summed E-state index contributed by atoms with van der Waals surface area (Å²) in [7, 11) is 0. The highest BCUT2D eigenvalue weighted by atomic mass is 32.1. The molecular weight excluding hydrogens is 248 g/mol. The third-order valence-electron chi connectivity index (χ3n) is 2.53. The smallest absolute Gasteiger partial charge is 0.338 e. The van der Waals surface area contributed by atoms with Crippen LogP contribution in [-0.4, -0.2) is 21.0 Å². The van der Waals surface area contributed by atoms with Gasteiger partial charge in [0.05, 0.1) is 15.8 Å². The summed E-state index contributed by atoms with van der Waals surface area (Å²) in [4.78, 5) is 19.7. The molecule has 18 heavy (non-hydrogen) atoms. The Morgan fingerprint density at radius 3 is 2.78 bits per heavy atom. The van der Waals surface area contributed by atoms with Gasteiger partial charge in [-0.15, -0.1) is 11.3 Å². The fourth-order valence-electron chi connectivity index (χ4n) is 1.72. The molecule has 2 heterocycles. The lowest BCUT2D eigenvalue weighted by molar-refractivity contribution is 0.0697. The van der Waals surface area contributed by atoms with Crippen LogP contribution in [0.5, 0.6) is 0 Å². The van der Waals surface area contributed by atoms with Crippen molar-refractivity contribution in [1.82, 2.24) is 9.97 Å². The molecule has 88 valence electrons. The molecule has 1 aromatic carbocycles. The SMILES string of the molecule is O=C(O)c1cccnc1-c1nc2ccccc2s1. The number of carboxylic acid groups (broad SMARTS) is 1. The zero-order valence-corrected chi connectivity index (χ0v) is 10.0. The Kier molecular flexibility index (Phi) is 2.53. The summed E-state index contributed by atoms with van der Waals surface area (Å²) in [5, 5.41) is 9.77. The highest BCUT2D eigenvalue weighted by Crippen LogP contribution is 2.30. The van der Waals surface area contributed by atoms with E-state index in [0.29, 0.717) is 10.7 Å². The third-order valence-corrected chi connectivity index (χ3v) is 3.58. The number of nitrogens with zero attached hydrogens (tertiary/aromatic N) is 2. The molecular formula is C13H8N2O2S. The molecule has 0 saturated carbocycles. The van der Waals surface area contributed by atoms with Gasteiger partial charge in [0.2, 0.25) is 0 Å². The van der Waals surface area contributed by atoms with E-state index < -0.39 is 5.97 Å². The summed E-state index contributed by atoms with van der Waals surface area (Å²) in [5.41, 5.74) is 1.46. The first-order valence-electron chi connectivity index (χ1n) is 5.30. The van der Waals surface area contributed by atoms with E-state index >= 15 is 0 Å². The Bertz CT molecular complexity index is 703. The number of aromatic carboxylic acids is 1. The first kappa shape index (κ1) is 10.9. The topological polar surface area (TPSA) is 63.1 Å². The lowest BCUT2D eigenvalue weighted by Gasteiger charge is -1.99. The third kappa shape index (κ3) is 1.74. The van der Waals surface area contributed by atoms with Crippen molar-refractivity contribution in [3.8, 4) is 10.7 Å². The number of para-hydroxylation sites is 1. The molecule has 0 aliphatic heterocycles. The number of carboxylic acids is 1. The van der Waals surface area contributed by atoms with E-state index in [2.05, 4.69) is 9.97 Å². The van der Waals surface area contributed by atoms with Crippen molar-refractivity contribution in [3.05, 3.63) is 48.2 Å². The average molecular weight is 256 g/mol. The molecule has 1 N–H and O–H groups in total. The van der Waals surface area contributed by atoms with Crippen LogP contribution in [0.15, 0.2) is 42.6 Å². The number of aromatic nitrogens is 2. The second-order valence-electron chi connectivity index (χ2n) is 3.69. The average Bonchev–Trinajstić information content (AvgIpc) is 2.82. The number of pyridine rings is 1. The number of thiazole rings is 1. The lowest BCUT2D eigenvalue weighted by atomic mass is 10.2. The number of hydrogen-bond donors (Lipinski definition) is 1. The van der Waals surface area contributed by atoms with Crippen LogP contribution in [0, 0.1) is 0 Å². The highest BCUT2D eigenvalue weighted by Gasteiger charge is 2.15. The van der Waals surface area contributed by atoms with Crippen LogP contribution in [0.2, 0.25) is 0 Å². The molecule has 2 aromatic heterocycles. The number of benzene rings is 1. The van der Waals surface area contributed by atoms with E-state index in [1.165, 1.54) is 17.4 Å². The van der Waals surface area contributed by atoms with Gasteiger partial charge in [-0.2, -0.15) is 0 Å².